The summed E-state index contributed by atoms with van der Waals surface area (Å²) in [5.41, 5.74) is 7.24. The lowest BCUT2D eigenvalue weighted by Gasteiger charge is -2.04. The molecule has 0 saturated heterocycles. The van der Waals surface area contributed by atoms with E-state index in [2.05, 4.69) is 5.10 Å². The van der Waals surface area contributed by atoms with Gasteiger partial charge in [-0.25, -0.2) is 4.68 Å². The fourth-order valence-corrected chi connectivity index (χ4v) is 1.37. The number of nitrogens with two attached hydrogens (primary N) is 1. The SMILES string of the molecule is CC(=O)c1ccc(-n2nccc2N)cc1. The molecular weight excluding hydrogens is 190 g/mol. The molecule has 0 atom stereocenters. The molecule has 15 heavy (non-hydrogen) atoms. The van der Waals surface area contributed by atoms with Gasteiger partial charge in [0.05, 0.1) is 11.9 Å². The van der Waals surface area contributed by atoms with E-state index in [9.17, 15) is 4.79 Å². The van der Waals surface area contributed by atoms with Crippen molar-refractivity contribution in [1.82, 2.24) is 9.78 Å². The molecule has 1 aromatic heterocycles. The van der Waals surface area contributed by atoms with Gasteiger partial charge >= 0.3 is 0 Å². The second-order valence-electron chi connectivity index (χ2n) is 3.27. The summed E-state index contributed by atoms with van der Waals surface area (Å²) >= 11 is 0. The molecule has 0 aliphatic heterocycles. The zero-order valence-corrected chi connectivity index (χ0v) is 8.34. The van der Waals surface area contributed by atoms with Crippen molar-refractivity contribution in [2.45, 2.75) is 6.92 Å². The number of benzene rings is 1. The Morgan fingerprint density at radius 3 is 2.40 bits per heavy atom. The summed E-state index contributed by atoms with van der Waals surface area (Å²) in [4.78, 5) is 11.1. The summed E-state index contributed by atoms with van der Waals surface area (Å²) in [5.74, 6) is 0.626. The number of Topliss-reactive ketones (excluding diaryl/α,β-unsaturated/α-hetero) is 1. The zero-order chi connectivity index (χ0) is 10.8. The van der Waals surface area contributed by atoms with Crippen molar-refractivity contribution in [3.05, 3.63) is 42.1 Å². The maximum atomic E-state index is 11.1. The Hall–Kier alpha value is -2.10. The molecule has 0 amide bonds. The van der Waals surface area contributed by atoms with Crippen LogP contribution in [-0.2, 0) is 0 Å². The van der Waals surface area contributed by atoms with Gasteiger partial charge in [0.15, 0.2) is 5.78 Å². The average molecular weight is 201 g/mol. The number of aromatic nitrogens is 2. The van der Waals surface area contributed by atoms with Gasteiger partial charge in [0.1, 0.15) is 5.82 Å². The van der Waals surface area contributed by atoms with Crippen molar-refractivity contribution in [3.63, 3.8) is 0 Å². The number of hydrogen-bond acceptors (Lipinski definition) is 3. The van der Waals surface area contributed by atoms with Crippen LogP contribution in [0, 0.1) is 0 Å². The topological polar surface area (TPSA) is 60.9 Å². The highest BCUT2D eigenvalue weighted by Crippen LogP contribution is 2.12. The van der Waals surface area contributed by atoms with Crippen LogP contribution in [0.15, 0.2) is 36.5 Å². The monoisotopic (exact) mass is 201 g/mol. The normalized spacial score (nSPS) is 10.2. The van der Waals surface area contributed by atoms with Crippen LogP contribution >= 0.6 is 0 Å². The largest absolute Gasteiger partial charge is 0.384 e. The quantitative estimate of drug-likeness (QED) is 0.751. The molecule has 1 aromatic carbocycles. The molecule has 0 bridgehead atoms. The highest BCUT2D eigenvalue weighted by molar-refractivity contribution is 5.94. The van der Waals surface area contributed by atoms with E-state index in [0.717, 1.165) is 5.69 Å². The van der Waals surface area contributed by atoms with Gasteiger partial charge in [-0.2, -0.15) is 5.10 Å². The molecule has 0 aliphatic rings. The minimum Gasteiger partial charge on any atom is -0.384 e. The number of carbonyl (C=O) groups is 1. The first-order valence-electron chi connectivity index (χ1n) is 4.59. The molecule has 1 heterocycles. The molecule has 0 aliphatic carbocycles. The minimum absolute atomic E-state index is 0.0509. The predicted octanol–water partition coefficient (Wildman–Crippen LogP) is 1.66. The van der Waals surface area contributed by atoms with Crippen LogP contribution < -0.4 is 5.73 Å². The fraction of sp³-hybridized carbons (Fsp3) is 0.0909. The molecule has 0 saturated carbocycles. The molecule has 4 heteroatoms. The summed E-state index contributed by atoms with van der Waals surface area (Å²) in [6.07, 6.45) is 1.63. The highest BCUT2D eigenvalue weighted by Gasteiger charge is 2.02. The van der Waals surface area contributed by atoms with E-state index in [4.69, 9.17) is 5.73 Å². The summed E-state index contributed by atoms with van der Waals surface area (Å²) in [6, 6.07) is 8.89. The summed E-state index contributed by atoms with van der Waals surface area (Å²) in [6.45, 7) is 1.54. The molecule has 0 spiro atoms. The Balaban J connectivity index is 2.40. The first kappa shape index (κ1) is 9.45. The standard InChI is InChI=1S/C11H11N3O/c1-8(15)9-2-4-10(5-3-9)14-11(12)6-7-13-14/h2-7H,12H2,1H3. The Morgan fingerprint density at radius 1 is 1.27 bits per heavy atom. The Bertz CT molecular complexity index is 485. The lowest BCUT2D eigenvalue weighted by atomic mass is 10.1. The Kier molecular flexibility index (Phi) is 2.25. The summed E-state index contributed by atoms with van der Waals surface area (Å²) < 4.78 is 1.61. The molecular formula is C11H11N3O. The highest BCUT2D eigenvalue weighted by atomic mass is 16.1. The van der Waals surface area contributed by atoms with Crippen LogP contribution in [0.2, 0.25) is 0 Å². The predicted molar refractivity (Wildman–Crippen MR) is 58.0 cm³/mol. The second-order valence-corrected chi connectivity index (χ2v) is 3.27. The van der Waals surface area contributed by atoms with Crippen molar-refractivity contribution < 1.29 is 4.79 Å². The van der Waals surface area contributed by atoms with Crippen molar-refractivity contribution >= 4 is 11.6 Å². The third-order valence-corrected chi connectivity index (χ3v) is 2.19. The third kappa shape index (κ3) is 1.74. The molecule has 76 valence electrons. The number of ketones is 1. The van der Waals surface area contributed by atoms with Crippen LogP contribution in [0.3, 0.4) is 0 Å². The molecule has 0 radical (unpaired) electrons. The van der Waals surface area contributed by atoms with Gasteiger partial charge in [0, 0.05) is 11.6 Å². The van der Waals surface area contributed by atoms with Crippen LogP contribution in [0.25, 0.3) is 5.69 Å². The lowest BCUT2D eigenvalue weighted by Crippen LogP contribution is -2.02. The van der Waals surface area contributed by atoms with Crippen LogP contribution in [-0.4, -0.2) is 15.6 Å². The number of hydrogen-bond donors (Lipinski definition) is 1. The smallest absolute Gasteiger partial charge is 0.159 e. The molecule has 0 fully saturated rings. The Labute approximate surface area is 87.3 Å². The van der Waals surface area contributed by atoms with Crippen molar-refractivity contribution in [1.29, 1.82) is 0 Å². The molecule has 2 aromatic rings. The lowest BCUT2D eigenvalue weighted by molar-refractivity contribution is 0.101. The molecule has 0 unspecified atom stereocenters. The van der Waals surface area contributed by atoms with Crippen molar-refractivity contribution in [3.8, 4) is 5.69 Å². The zero-order valence-electron chi connectivity index (χ0n) is 8.34. The fourth-order valence-electron chi connectivity index (χ4n) is 1.37. The van der Waals surface area contributed by atoms with Gasteiger partial charge in [-0.3, -0.25) is 4.79 Å². The molecule has 4 nitrogen and oxygen atoms in total. The number of rotatable bonds is 2. The van der Waals surface area contributed by atoms with Gasteiger partial charge < -0.3 is 5.73 Å². The van der Waals surface area contributed by atoms with Gasteiger partial charge in [0.25, 0.3) is 0 Å². The first-order chi connectivity index (χ1) is 7.18. The first-order valence-corrected chi connectivity index (χ1v) is 4.59. The van der Waals surface area contributed by atoms with Gasteiger partial charge in [-0.15, -0.1) is 0 Å². The van der Waals surface area contributed by atoms with Gasteiger partial charge in [-0.05, 0) is 31.2 Å². The van der Waals surface area contributed by atoms with Crippen molar-refractivity contribution in [2.75, 3.05) is 5.73 Å². The minimum atomic E-state index is 0.0509. The van der Waals surface area contributed by atoms with E-state index < -0.39 is 0 Å². The maximum absolute atomic E-state index is 11.1. The number of carbonyl (C=O) groups excluding carboxylic acids is 1. The van der Waals surface area contributed by atoms with Crippen LogP contribution in [0.5, 0.6) is 0 Å². The number of nitrogen functional groups attached to an aromatic ring is 1. The third-order valence-electron chi connectivity index (χ3n) is 2.19. The van der Waals surface area contributed by atoms with E-state index in [1.165, 1.54) is 6.92 Å². The second kappa shape index (κ2) is 3.57. The van der Waals surface area contributed by atoms with Crippen LogP contribution in [0.1, 0.15) is 17.3 Å². The average Bonchev–Trinajstić information content (AvgIpc) is 2.65. The molecule has 2 rings (SSSR count). The number of nitrogens with zero attached hydrogens (tertiary/aromatic N) is 2. The summed E-state index contributed by atoms with van der Waals surface area (Å²) in [5, 5.41) is 4.07. The summed E-state index contributed by atoms with van der Waals surface area (Å²) in [7, 11) is 0. The Morgan fingerprint density at radius 2 is 1.93 bits per heavy atom. The van der Waals surface area contributed by atoms with Crippen molar-refractivity contribution in [2.24, 2.45) is 0 Å². The van der Waals surface area contributed by atoms with E-state index in [1.54, 1.807) is 29.1 Å². The molecule has 2 N–H and O–H groups in total. The van der Waals surface area contributed by atoms with Gasteiger partial charge in [0.2, 0.25) is 0 Å². The number of anilines is 1. The van der Waals surface area contributed by atoms with E-state index in [1.807, 2.05) is 12.1 Å². The van der Waals surface area contributed by atoms with E-state index >= 15 is 0 Å². The maximum Gasteiger partial charge on any atom is 0.159 e. The van der Waals surface area contributed by atoms with E-state index in [0.29, 0.717) is 11.4 Å². The van der Waals surface area contributed by atoms with Gasteiger partial charge in [-0.1, -0.05) is 0 Å². The van der Waals surface area contributed by atoms with E-state index in [-0.39, 0.29) is 5.78 Å². The van der Waals surface area contributed by atoms with Crippen LogP contribution in [0.4, 0.5) is 5.82 Å².